The average Bonchev–Trinajstić information content (AvgIpc) is 2.79. The Morgan fingerprint density at radius 1 is 1.53 bits per heavy atom. The van der Waals surface area contributed by atoms with E-state index in [0.29, 0.717) is 18.4 Å². The number of aromatic nitrogens is 2. The molecule has 6 nitrogen and oxygen atoms in total. The summed E-state index contributed by atoms with van der Waals surface area (Å²) in [6.45, 7) is 1.55. The Bertz CT molecular complexity index is 536. The lowest BCUT2D eigenvalue weighted by Crippen LogP contribution is -2.38. The number of nitrogens with zero attached hydrogens (tertiary/aromatic N) is 2. The molecule has 94 valence electrons. The van der Waals surface area contributed by atoms with Crippen molar-refractivity contribution in [1.29, 1.82) is 0 Å². The zero-order valence-corrected chi connectivity index (χ0v) is 10.3. The normalized spacial score (nSPS) is 24.2. The Morgan fingerprint density at radius 2 is 2.24 bits per heavy atom. The summed E-state index contributed by atoms with van der Waals surface area (Å²) in [4.78, 5) is 23.3. The molecule has 17 heavy (non-hydrogen) atoms. The molecule has 1 aliphatic heterocycles. The van der Waals surface area contributed by atoms with Gasteiger partial charge in [-0.1, -0.05) is 12.8 Å². The first-order valence-electron chi connectivity index (χ1n) is 5.35. The van der Waals surface area contributed by atoms with E-state index in [0.717, 1.165) is 3.97 Å². The van der Waals surface area contributed by atoms with Crippen LogP contribution in [0.4, 0.5) is 0 Å². The van der Waals surface area contributed by atoms with Crippen molar-refractivity contribution in [2.75, 3.05) is 6.61 Å². The second-order valence-electron chi connectivity index (χ2n) is 4.09. The van der Waals surface area contributed by atoms with Gasteiger partial charge in [0.15, 0.2) is 0 Å². The first kappa shape index (κ1) is 12.4. The largest absolute Gasteiger partial charge is 0.394 e. The highest BCUT2D eigenvalue weighted by Gasteiger charge is 2.27. The van der Waals surface area contributed by atoms with E-state index in [4.69, 9.17) is 9.84 Å². The van der Waals surface area contributed by atoms with Crippen LogP contribution < -0.4 is 11.2 Å². The summed E-state index contributed by atoms with van der Waals surface area (Å²) in [6, 6.07) is 0. The molecule has 0 amide bonds. The predicted octanol–water partition coefficient (Wildman–Crippen LogP) is -0.319. The van der Waals surface area contributed by atoms with E-state index < -0.39 is 17.5 Å². The van der Waals surface area contributed by atoms with Crippen LogP contribution in [0, 0.1) is 6.92 Å². The zero-order chi connectivity index (χ0) is 12.6. The van der Waals surface area contributed by atoms with Crippen LogP contribution in [-0.2, 0) is 4.74 Å². The molecule has 0 saturated carbocycles. The lowest BCUT2D eigenvalue weighted by atomic mass is 10.2. The maximum absolute atomic E-state index is 11.8. The molecular formula is C10H14N2O4S. The van der Waals surface area contributed by atoms with Crippen molar-refractivity contribution in [2.24, 2.45) is 0 Å². The maximum Gasteiger partial charge on any atom is 0.343 e. The summed E-state index contributed by atoms with van der Waals surface area (Å²) in [6.07, 6.45) is 2.13. The lowest BCUT2D eigenvalue weighted by Gasteiger charge is -2.16. The molecule has 0 aliphatic carbocycles. The molecule has 0 spiro atoms. The Morgan fingerprint density at radius 3 is 2.82 bits per heavy atom. The minimum Gasteiger partial charge on any atom is -0.394 e. The van der Waals surface area contributed by atoms with E-state index in [1.807, 2.05) is 0 Å². The van der Waals surface area contributed by atoms with Crippen LogP contribution in [0.3, 0.4) is 0 Å². The standard InChI is InChI=1S/C10H14N2O4S/c1-6-4-11(10(15)12(17)9(6)14)8-3-2-7(5-13)16-8/h4,7-8,13,17H,2-3,5H2,1H3/t7-,8+/m0/s1. The molecule has 1 saturated heterocycles. The quantitative estimate of drug-likeness (QED) is 0.713. The van der Waals surface area contributed by atoms with Crippen molar-refractivity contribution in [3.63, 3.8) is 0 Å². The number of hydrogen-bond donors (Lipinski definition) is 2. The molecule has 1 aliphatic rings. The Labute approximate surface area is 103 Å². The SMILES string of the molecule is Cc1cn([C@H]2CC[C@@H](CO)O2)c(=O)n(S)c1=O. The summed E-state index contributed by atoms with van der Waals surface area (Å²) in [5.74, 6) is 0. The summed E-state index contributed by atoms with van der Waals surface area (Å²) < 4.78 is 7.61. The fourth-order valence-electron chi connectivity index (χ4n) is 1.91. The second kappa shape index (κ2) is 4.67. The minimum atomic E-state index is -0.521. The summed E-state index contributed by atoms with van der Waals surface area (Å²) in [5, 5.41) is 8.97. The predicted molar refractivity (Wildman–Crippen MR) is 64.3 cm³/mol. The van der Waals surface area contributed by atoms with Crippen LogP contribution >= 0.6 is 12.8 Å². The van der Waals surface area contributed by atoms with Crippen LogP contribution in [0.5, 0.6) is 0 Å². The van der Waals surface area contributed by atoms with Crippen molar-refractivity contribution in [2.45, 2.75) is 32.1 Å². The number of aliphatic hydroxyl groups is 1. The number of thiol groups is 1. The van der Waals surface area contributed by atoms with Gasteiger partial charge in [0.05, 0.1) is 12.7 Å². The Balaban J connectivity index is 2.41. The monoisotopic (exact) mass is 258 g/mol. The number of ether oxygens (including phenoxy) is 1. The molecule has 1 N–H and O–H groups in total. The first-order valence-corrected chi connectivity index (χ1v) is 5.75. The molecule has 2 atom stereocenters. The lowest BCUT2D eigenvalue weighted by molar-refractivity contribution is -0.0248. The van der Waals surface area contributed by atoms with Crippen LogP contribution in [-0.4, -0.2) is 26.4 Å². The van der Waals surface area contributed by atoms with Crippen molar-refractivity contribution >= 4 is 12.8 Å². The molecule has 2 heterocycles. The number of aryl methyl sites for hydroxylation is 1. The van der Waals surface area contributed by atoms with Crippen LogP contribution in [0.1, 0.15) is 24.6 Å². The van der Waals surface area contributed by atoms with E-state index in [1.165, 1.54) is 10.8 Å². The van der Waals surface area contributed by atoms with Gasteiger partial charge in [-0.15, -0.1) is 0 Å². The first-order chi connectivity index (χ1) is 8.04. The number of aliphatic hydroxyl groups excluding tert-OH is 1. The highest BCUT2D eigenvalue weighted by Crippen LogP contribution is 2.26. The van der Waals surface area contributed by atoms with Crippen molar-refractivity contribution in [1.82, 2.24) is 8.54 Å². The highest BCUT2D eigenvalue weighted by atomic mass is 32.1. The van der Waals surface area contributed by atoms with Gasteiger partial charge in [-0.3, -0.25) is 9.36 Å². The van der Waals surface area contributed by atoms with E-state index in [2.05, 4.69) is 12.8 Å². The van der Waals surface area contributed by atoms with Crippen molar-refractivity contribution in [3.8, 4) is 0 Å². The van der Waals surface area contributed by atoms with Gasteiger partial charge >= 0.3 is 5.69 Å². The molecule has 1 fully saturated rings. The van der Waals surface area contributed by atoms with Gasteiger partial charge in [0.1, 0.15) is 6.23 Å². The molecule has 2 rings (SSSR count). The van der Waals surface area contributed by atoms with Crippen LogP contribution in [0.2, 0.25) is 0 Å². The summed E-state index contributed by atoms with van der Waals surface area (Å²) in [5.41, 5.74) is -0.519. The fourth-order valence-corrected chi connectivity index (χ4v) is 2.18. The van der Waals surface area contributed by atoms with Gasteiger partial charge < -0.3 is 9.84 Å². The maximum atomic E-state index is 11.8. The third kappa shape index (κ3) is 2.18. The molecule has 0 unspecified atom stereocenters. The molecule has 0 radical (unpaired) electrons. The topological polar surface area (TPSA) is 73.5 Å². The third-order valence-electron chi connectivity index (χ3n) is 2.86. The van der Waals surface area contributed by atoms with Crippen LogP contribution in [0.25, 0.3) is 0 Å². The highest BCUT2D eigenvalue weighted by molar-refractivity contribution is 7.78. The molecule has 1 aromatic heterocycles. The third-order valence-corrected chi connectivity index (χ3v) is 3.22. The zero-order valence-electron chi connectivity index (χ0n) is 9.37. The molecular weight excluding hydrogens is 244 g/mol. The second-order valence-corrected chi connectivity index (χ2v) is 4.49. The summed E-state index contributed by atoms with van der Waals surface area (Å²) in [7, 11) is 0. The van der Waals surface area contributed by atoms with Gasteiger partial charge in [0.25, 0.3) is 5.56 Å². The molecule has 0 aromatic carbocycles. The van der Waals surface area contributed by atoms with Crippen molar-refractivity contribution in [3.05, 3.63) is 32.6 Å². The van der Waals surface area contributed by atoms with E-state index in [9.17, 15) is 9.59 Å². The minimum absolute atomic E-state index is 0.0647. The van der Waals surface area contributed by atoms with Gasteiger partial charge in [0.2, 0.25) is 0 Å². The van der Waals surface area contributed by atoms with Gasteiger partial charge in [-0.25, -0.2) is 8.77 Å². The number of rotatable bonds is 2. The van der Waals surface area contributed by atoms with Gasteiger partial charge in [0, 0.05) is 11.8 Å². The van der Waals surface area contributed by atoms with Gasteiger partial charge in [-0.05, 0) is 19.8 Å². The Hall–Kier alpha value is -1.05. The van der Waals surface area contributed by atoms with E-state index in [-0.39, 0.29) is 12.7 Å². The number of hydrogen-bond acceptors (Lipinski definition) is 5. The van der Waals surface area contributed by atoms with E-state index in [1.54, 1.807) is 6.92 Å². The molecule has 1 aromatic rings. The van der Waals surface area contributed by atoms with Crippen molar-refractivity contribution < 1.29 is 9.84 Å². The van der Waals surface area contributed by atoms with E-state index >= 15 is 0 Å². The average molecular weight is 258 g/mol. The Kier molecular flexibility index (Phi) is 3.41. The fraction of sp³-hybridized carbons (Fsp3) is 0.600. The molecule has 0 bridgehead atoms. The summed E-state index contributed by atoms with van der Waals surface area (Å²) >= 11 is 3.85. The van der Waals surface area contributed by atoms with Crippen LogP contribution in [0.15, 0.2) is 15.8 Å². The molecule has 7 heteroatoms. The van der Waals surface area contributed by atoms with Gasteiger partial charge in [-0.2, -0.15) is 0 Å². The smallest absolute Gasteiger partial charge is 0.343 e.